The van der Waals surface area contributed by atoms with Gasteiger partial charge in [0, 0.05) is 18.2 Å². The SMILES string of the molecule is CC(=O)c1cccc(OC(F)(F)C(F)F)c1.CON(C)C(=O)c1cccc(OC(F)(F)C(F)F)c1.[Br-].[CH3-].[Mg+2]. The normalized spacial score (nSPS) is 10.7. The maximum absolute atomic E-state index is 12.7. The Morgan fingerprint density at radius 3 is 1.53 bits per heavy atom. The van der Waals surface area contributed by atoms with Crippen LogP contribution in [0.25, 0.3) is 0 Å². The molecule has 0 N–H and O–H groups in total. The number of amides is 1. The van der Waals surface area contributed by atoms with Crippen LogP contribution >= 0.6 is 0 Å². The molecular formula is C22H22BrF8MgNO5. The third-order valence-corrected chi connectivity index (χ3v) is 3.90. The fourth-order valence-corrected chi connectivity index (χ4v) is 2.14. The average Bonchev–Trinajstić information content (AvgIpc) is 2.78. The number of nitrogens with zero attached hydrogens (tertiary/aromatic N) is 1. The van der Waals surface area contributed by atoms with Crippen molar-refractivity contribution in [1.82, 2.24) is 5.06 Å². The van der Waals surface area contributed by atoms with E-state index in [4.69, 9.17) is 0 Å². The molecule has 0 saturated carbocycles. The molecule has 6 nitrogen and oxygen atoms in total. The number of ether oxygens (including phenoxy) is 2. The Labute approximate surface area is 240 Å². The molecule has 0 atom stereocenters. The summed E-state index contributed by atoms with van der Waals surface area (Å²) < 4.78 is 106. The smallest absolute Gasteiger partial charge is 1.00 e. The summed E-state index contributed by atoms with van der Waals surface area (Å²) in [5.41, 5.74) is 0.0782. The van der Waals surface area contributed by atoms with Crippen molar-refractivity contribution in [2.45, 2.75) is 32.0 Å². The second-order valence-corrected chi connectivity index (χ2v) is 6.53. The number of halogens is 9. The number of hydroxylamine groups is 2. The molecule has 0 heterocycles. The molecule has 210 valence electrons. The number of alkyl halides is 8. The van der Waals surface area contributed by atoms with Gasteiger partial charge in [-0.2, -0.15) is 35.1 Å². The molecule has 0 aliphatic heterocycles. The minimum Gasteiger partial charge on any atom is -1.00 e. The van der Waals surface area contributed by atoms with Crippen molar-refractivity contribution in [1.29, 1.82) is 0 Å². The Morgan fingerprint density at radius 2 is 1.18 bits per heavy atom. The summed E-state index contributed by atoms with van der Waals surface area (Å²) in [5, 5.41) is 0.852. The largest absolute Gasteiger partial charge is 2.00 e. The zero-order chi connectivity index (χ0) is 27.0. The van der Waals surface area contributed by atoms with Gasteiger partial charge in [-0.25, -0.2) is 5.06 Å². The van der Waals surface area contributed by atoms with Crippen LogP contribution < -0.4 is 26.5 Å². The Hall–Kier alpha value is -2.17. The van der Waals surface area contributed by atoms with Gasteiger partial charge in [-0.3, -0.25) is 14.4 Å². The van der Waals surface area contributed by atoms with Gasteiger partial charge in [0.05, 0.1) is 7.11 Å². The van der Waals surface area contributed by atoms with Gasteiger partial charge in [-0.1, -0.05) is 18.2 Å². The van der Waals surface area contributed by atoms with Crippen molar-refractivity contribution in [3.05, 3.63) is 67.1 Å². The first-order valence-corrected chi connectivity index (χ1v) is 9.34. The molecule has 0 spiro atoms. The predicted octanol–water partition coefficient (Wildman–Crippen LogP) is 2.76. The molecule has 0 aliphatic carbocycles. The summed E-state index contributed by atoms with van der Waals surface area (Å²) in [7, 11) is 2.55. The van der Waals surface area contributed by atoms with Crippen molar-refractivity contribution in [3.8, 4) is 11.5 Å². The first kappa shape index (κ1) is 40.3. The van der Waals surface area contributed by atoms with Crippen LogP contribution in [0.1, 0.15) is 27.6 Å². The van der Waals surface area contributed by atoms with Crippen LogP contribution in [0.3, 0.4) is 0 Å². The summed E-state index contributed by atoms with van der Waals surface area (Å²) in [5.74, 6) is -2.02. The Morgan fingerprint density at radius 1 is 0.816 bits per heavy atom. The van der Waals surface area contributed by atoms with Crippen LogP contribution in [0.2, 0.25) is 0 Å². The molecule has 0 aromatic heterocycles. The number of ketones is 1. The molecule has 0 bridgehead atoms. The van der Waals surface area contributed by atoms with E-state index in [1.165, 1.54) is 45.3 Å². The maximum atomic E-state index is 12.7. The van der Waals surface area contributed by atoms with E-state index in [0.29, 0.717) is 0 Å². The van der Waals surface area contributed by atoms with E-state index in [1.807, 2.05) is 0 Å². The van der Waals surface area contributed by atoms with Crippen LogP contribution in [-0.4, -0.2) is 79.0 Å². The van der Waals surface area contributed by atoms with Crippen molar-refractivity contribution in [3.63, 3.8) is 0 Å². The fourth-order valence-electron chi connectivity index (χ4n) is 2.14. The minimum atomic E-state index is -4.62. The predicted molar refractivity (Wildman–Crippen MR) is 117 cm³/mol. The number of hydrogen-bond donors (Lipinski definition) is 0. The summed E-state index contributed by atoms with van der Waals surface area (Å²) in [4.78, 5) is 27.2. The summed E-state index contributed by atoms with van der Waals surface area (Å²) in [6.07, 6.45) is -17.1. The van der Waals surface area contributed by atoms with Crippen LogP contribution in [0.5, 0.6) is 11.5 Å². The van der Waals surface area contributed by atoms with Gasteiger partial charge in [0.15, 0.2) is 5.78 Å². The van der Waals surface area contributed by atoms with Gasteiger partial charge in [-0.15, -0.1) is 0 Å². The zero-order valence-electron chi connectivity index (χ0n) is 20.4. The second kappa shape index (κ2) is 17.4. The van der Waals surface area contributed by atoms with E-state index < -0.39 is 42.5 Å². The van der Waals surface area contributed by atoms with E-state index in [0.717, 1.165) is 29.3 Å². The summed E-state index contributed by atoms with van der Waals surface area (Å²) in [6.45, 7) is 1.23. The first-order chi connectivity index (χ1) is 16.1. The number of carbonyl (C=O) groups excluding carboxylic acids is 2. The summed E-state index contributed by atoms with van der Waals surface area (Å²) in [6, 6.07) is 9.21. The van der Waals surface area contributed by atoms with Crippen LogP contribution in [0.15, 0.2) is 48.5 Å². The van der Waals surface area contributed by atoms with Gasteiger partial charge in [0.1, 0.15) is 11.5 Å². The molecule has 0 saturated heterocycles. The maximum Gasteiger partial charge on any atom is 2.00 e. The fraction of sp³-hybridized carbons (Fsp3) is 0.318. The topological polar surface area (TPSA) is 65.1 Å². The van der Waals surface area contributed by atoms with E-state index >= 15 is 0 Å². The number of Topliss-reactive ketones (excluding diaryl/α,β-unsaturated/α-hetero) is 1. The Bertz CT molecular complexity index is 1020. The van der Waals surface area contributed by atoms with E-state index in [-0.39, 0.29) is 64.4 Å². The van der Waals surface area contributed by atoms with Gasteiger partial charge in [0.2, 0.25) is 0 Å². The molecular weight excluding hydrogens is 614 g/mol. The molecule has 1 amide bonds. The van der Waals surface area contributed by atoms with Crippen molar-refractivity contribution < 1.29 is 76.0 Å². The van der Waals surface area contributed by atoms with Gasteiger partial charge >= 0.3 is 48.1 Å². The monoisotopic (exact) mass is 635 g/mol. The molecule has 2 rings (SSSR count). The molecule has 0 aliphatic rings. The zero-order valence-corrected chi connectivity index (χ0v) is 23.4. The molecule has 16 heteroatoms. The number of benzene rings is 2. The van der Waals surface area contributed by atoms with Crippen LogP contribution in [0, 0.1) is 7.43 Å². The molecule has 0 radical (unpaired) electrons. The molecule has 0 fully saturated rings. The first-order valence-electron chi connectivity index (χ1n) is 9.34. The van der Waals surface area contributed by atoms with Crippen LogP contribution in [0.4, 0.5) is 35.1 Å². The van der Waals surface area contributed by atoms with Crippen LogP contribution in [-0.2, 0) is 4.84 Å². The third-order valence-electron chi connectivity index (χ3n) is 3.90. The summed E-state index contributed by atoms with van der Waals surface area (Å²) >= 11 is 0. The second-order valence-electron chi connectivity index (χ2n) is 6.53. The molecule has 2 aromatic carbocycles. The third kappa shape index (κ3) is 12.6. The van der Waals surface area contributed by atoms with Gasteiger partial charge in [-0.05, 0) is 37.3 Å². The average molecular weight is 637 g/mol. The van der Waals surface area contributed by atoms with E-state index in [9.17, 15) is 44.7 Å². The molecule has 0 unspecified atom stereocenters. The van der Waals surface area contributed by atoms with Crippen molar-refractivity contribution >= 4 is 34.7 Å². The molecule has 38 heavy (non-hydrogen) atoms. The number of hydrogen-bond acceptors (Lipinski definition) is 5. The van der Waals surface area contributed by atoms with Crippen molar-refractivity contribution in [2.24, 2.45) is 0 Å². The van der Waals surface area contributed by atoms with Gasteiger partial charge < -0.3 is 33.9 Å². The number of carbonyl (C=O) groups is 2. The van der Waals surface area contributed by atoms with E-state index in [1.54, 1.807) is 0 Å². The minimum absolute atomic E-state index is 0. The van der Waals surface area contributed by atoms with E-state index in [2.05, 4.69) is 14.3 Å². The quantitative estimate of drug-likeness (QED) is 0.139. The van der Waals surface area contributed by atoms with Gasteiger partial charge in [0.25, 0.3) is 5.91 Å². The standard InChI is InChI=1S/C11H11F4NO3.C10H8F4O2.CH3.BrH.Mg/c1-16(18-2)9(17)7-4-3-5-8(6-7)19-11(14,15)10(12)13;1-6(15)7-3-2-4-8(5-7)16-10(13,14)9(11)12;;;/h3-6,10H,1-2H3;2-5,9H,1H3;1H3;1H;/q;;-1;;+2/p-1. The van der Waals surface area contributed by atoms with Crippen molar-refractivity contribution in [2.75, 3.05) is 14.2 Å². The number of rotatable bonds is 9. The molecule has 2 aromatic rings. The Balaban J connectivity index is -0.000000605. The Kier molecular flexibility index (Phi) is 18.5.